The third-order valence-electron chi connectivity index (χ3n) is 7.22. The van der Waals surface area contributed by atoms with Gasteiger partial charge in [-0.15, -0.1) is 0 Å². The van der Waals surface area contributed by atoms with E-state index in [1.807, 2.05) is 12.1 Å². The minimum atomic E-state index is -0.558. The van der Waals surface area contributed by atoms with Crippen LogP contribution in [-0.4, -0.2) is 53.8 Å². The zero-order valence-corrected chi connectivity index (χ0v) is 18.5. The standard InChI is InChI=1S/C24H34N4O3/c1-15(25-2)22(29)27-20-12-6-9-17-13-14-21(28(17)24(20)31)23(30)26-19-11-5-8-16-7-3-4-10-18(16)19/h3-4,7,10,15,17,19-21,25H,5-6,8-9,11-14H2,1-2H3,(H,26,30)(H,27,29)/t15-,17-,19+,20-,21?/m0/s1. The molecular weight excluding hydrogens is 392 g/mol. The van der Waals surface area contributed by atoms with E-state index in [0.717, 1.165) is 38.5 Å². The van der Waals surface area contributed by atoms with Crippen LogP contribution in [0, 0.1) is 0 Å². The highest BCUT2D eigenvalue weighted by atomic mass is 16.2. The second-order valence-corrected chi connectivity index (χ2v) is 9.15. The maximum atomic E-state index is 13.4. The van der Waals surface area contributed by atoms with Crippen LogP contribution in [0.2, 0.25) is 0 Å². The molecular formula is C24H34N4O3. The fourth-order valence-corrected chi connectivity index (χ4v) is 5.35. The molecule has 7 nitrogen and oxygen atoms in total. The number of rotatable bonds is 5. The van der Waals surface area contributed by atoms with E-state index in [-0.39, 0.29) is 35.8 Å². The van der Waals surface area contributed by atoms with Crippen molar-refractivity contribution in [1.29, 1.82) is 0 Å². The first-order chi connectivity index (χ1) is 15.0. The molecule has 1 aromatic rings. The van der Waals surface area contributed by atoms with Crippen molar-refractivity contribution in [1.82, 2.24) is 20.9 Å². The number of carbonyl (C=O) groups excluding carboxylic acids is 3. The van der Waals surface area contributed by atoms with Crippen molar-refractivity contribution in [3.8, 4) is 0 Å². The number of benzene rings is 1. The second-order valence-electron chi connectivity index (χ2n) is 9.15. The van der Waals surface area contributed by atoms with Gasteiger partial charge in [-0.3, -0.25) is 14.4 Å². The Morgan fingerprint density at radius 2 is 1.77 bits per heavy atom. The molecule has 3 N–H and O–H groups in total. The van der Waals surface area contributed by atoms with E-state index >= 15 is 0 Å². The normalized spacial score (nSPS) is 28.8. The first kappa shape index (κ1) is 21.8. The largest absolute Gasteiger partial charge is 0.347 e. The second kappa shape index (κ2) is 9.39. The minimum absolute atomic E-state index is 0.00515. The van der Waals surface area contributed by atoms with Crippen molar-refractivity contribution in [2.75, 3.05) is 7.05 Å². The Kier molecular flexibility index (Phi) is 6.60. The highest BCUT2D eigenvalue weighted by Crippen LogP contribution is 2.34. The van der Waals surface area contributed by atoms with Gasteiger partial charge in [0.2, 0.25) is 17.7 Å². The van der Waals surface area contributed by atoms with E-state index in [0.29, 0.717) is 12.8 Å². The zero-order valence-electron chi connectivity index (χ0n) is 18.5. The van der Waals surface area contributed by atoms with Crippen LogP contribution < -0.4 is 16.0 Å². The molecule has 1 unspecified atom stereocenters. The Balaban J connectivity index is 1.47. The van der Waals surface area contributed by atoms with Crippen LogP contribution in [0.1, 0.15) is 69.0 Å². The lowest BCUT2D eigenvalue weighted by Gasteiger charge is -2.33. The number of amides is 3. The van der Waals surface area contributed by atoms with Crippen molar-refractivity contribution >= 4 is 17.7 Å². The lowest BCUT2D eigenvalue weighted by Crippen LogP contribution is -2.56. The van der Waals surface area contributed by atoms with E-state index in [4.69, 9.17) is 0 Å². The average Bonchev–Trinajstić information content (AvgIpc) is 3.15. The predicted octanol–water partition coefficient (Wildman–Crippen LogP) is 1.82. The third-order valence-corrected chi connectivity index (χ3v) is 7.22. The van der Waals surface area contributed by atoms with Crippen LogP contribution in [0.4, 0.5) is 0 Å². The van der Waals surface area contributed by atoms with Gasteiger partial charge in [0.05, 0.1) is 12.1 Å². The summed E-state index contributed by atoms with van der Waals surface area (Å²) in [4.78, 5) is 40.9. The molecule has 0 aromatic heterocycles. The summed E-state index contributed by atoms with van der Waals surface area (Å²) in [5.41, 5.74) is 2.50. The van der Waals surface area contributed by atoms with Gasteiger partial charge in [-0.05, 0) is 76.5 Å². The first-order valence-electron chi connectivity index (χ1n) is 11.7. The molecule has 4 rings (SSSR count). The van der Waals surface area contributed by atoms with Crippen molar-refractivity contribution in [2.24, 2.45) is 0 Å². The summed E-state index contributed by atoms with van der Waals surface area (Å²) in [7, 11) is 1.72. The summed E-state index contributed by atoms with van der Waals surface area (Å²) in [6.07, 6.45) is 6.93. The number of hydrogen-bond donors (Lipinski definition) is 3. The first-order valence-corrected chi connectivity index (χ1v) is 11.7. The number of aryl methyl sites for hydroxylation is 1. The summed E-state index contributed by atoms with van der Waals surface area (Å²) >= 11 is 0. The number of fused-ring (bicyclic) bond motifs is 2. The molecule has 1 aromatic carbocycles. The fourth-order valence-electron chi connectivity index (χ4n) is 5.35. The Morgan fingerprint density at radius 1 is 1.00 bits per heavy atom. The highest BCUT2D eigenvalue weighted by molar-refractivity contribution is 5.94. The molecule has 0 saturated carbocycles. The van der Waals surface area contributed by atoms with Gasteiger partial charge in [-0.1, -0.05) is 24.3 Å². The highest BCUT2D eigenvalue weighted by Gasteiger charge is 2.45. The third kappa shape index (κ3) is 4.47. The molecule has 1 aliphatic carbocycles. The number of hydrogen-bond acceptors (Lipinski definition) is 4. The molecule has 5 atom stereocenters. The van der Waals surface area contributed by atoms with Gasteiger partial charge >= 0.3 is 0 Å². The topological polar surface area (TPSA) is 90.5 Å². The van der Waals surface area contributed by atoms with Crippen LogP contribution in [0.25, 0.3) is 0 Å². The maximum absolute atomic E-state index is 13.4. The van der Waals surface area contributed by atoms with Gasteiger partial charge in [0, 0.05) is 6.04 Å². The minimum Gasteiger partial charge on any atom is -0.347 e. The Hall–Kier alpha value is -2.41. The lowest BCUT2D eigenvalue weighted by atomic mass is 9.87. The van der Waals surface area contributed by atoms with Gasteiger partial charge in [-0.25, -0.2) is 0 Å². The van der Waals surface area contributed by atoms with Crippen LogP contribution >= 0.6 is 0 Å². The Labute approximate surface area is 184 Å². The number of likely N-dealkylation sites (N-methyl/N-ethyl adjacent to an activating group) is 1. The molecule has 7 heteroatoms. The molecule has 168 valence electrons. The number of nitrogens with one attached hydrogen (secondary N) is 3. The summed E-state index contributed by atoms with van der Waals surface area (Å²) in [5.74, 6) is -0.354. The van der Waals surface area contributed by atoms with Crippen LogP contribution in [0.3, 0.4) is 0 Å². The molecule has 0 bridgehead atoms. The van der Waals surface area contributed by atoms with Crippen molar-refractivity contribution in [3.63, 3.8) is 0 Å². The molecule has 2 fully saturated rings. The Morgan fingerprint density at radius 3 is 2.58 bits per heavy atom. The zero-order chi connectivity index (χ0) is 22.0. The fraction of sp³-hybridized carbons (Fsp3) is 0.625. The number of nitrogens with zero attached hydrogens (tertiary/aromatic N) is 1. The predicted molar refractivity (Wildman–Crippen MR) is 118 cm³/mol. The van der Waals surface area contributed by atoms with Crippen LogP contribution in [0.5, 0.6) is 0 Å². The molecule has 3 aliphatic rings. The van der Waals surface area contributed by atoms with Gasteiger partial charge in [0.15, 0.2) is 0 Å². The molecule has 0 radical (unpaired) electrons. The lowest BCUT2D eigenvalue weighted by molar-refractivity contribution is -0.143. The summed E-state index contributed by atoms with van der Waals surface area (Å²) in [5, 5.41) is 9.06. The molecule has 2 saturated heterocycles. The van der Waals surface area contributed by atoms with E-state index in [1.165, 1.54) is 11.1 Å². The maximum Gasteiger partial charge on any atom is 0.246 e. The summed E-state index contributed by atoms with van der Waals surface area (Å²) in [6, 6.07) is 7.02. The van der Waals surface area contributed by atoms with Gasteiger partial charge < -0.3 is 20.9 Å². The van der Waals surface area contributed by atoms with Gasteiger partial charge in [-0.2, -0.15) is 0 Å². The smallest absolute Gasteiger partial charge is 0.246 e. The SMILES string of the molecule is CN[C@@H](C)C(=O)N[C@H]1CCC[C@H]2CCC(C(=O)N[C@@H]3CCCc4ccccc43)N2C1=O. The molecule has 3 amide bonds. The monoisotopic (exact) mass is 426 g/mol. The summed E-state index contributed by atoms with van der Waals surface area (Å²) in [6.45, 7) is 1.77. The van der Waals surface area contributed by atoms with E-state index in [2.05, 4.69) is 28.1 Å². The van der Waals surface area contributed by atoms with Crippen molar-refractivity contribution < 1.29 is 14.4 Å². The van der Waals surface area contributed by atoms with Crippen LogP contribution in [0.15, 0.2) is 24.3 Å². The molecule has 0 spiro atoms. The molecule has 2 heterocycles. The van der Waals surface area contributed by atoms with Gasteiger partial charge in [0.1, 0.15) is 12.1 Å². The molecule has 31 heavy (non-hydrogen) atoms. The van der Waals surface area contributed by atoms with Crippen molar-refractivity contribution in [3.05, 3.63) is 35.4 Å². The van der Waals surface area contributed by atoms with E-state index in [1.54, 1.807) is 18.9 Å². The Bertz CT molecular complexity index is 842. The van der Waals surface area contributed by atoms with E-state index < -0.39 is 12.1 Å². The van der Waals surface area contributed by atoms with Crippen LogP contribution in [-0.2, 0) is 20.8 Å². The quantitative estimate of drug-likeness (QED) is 0.670. The number of carbonyl (C=O) groups is 3. The average molecular weight is 427 g/mol. The van der Waals surface area contributed by atoms with E-state index in [9.17, 15) is 14.4 Å². The molecule has 2 aliphatic heterocycles. The van der Waals surface area contributed by atoms with Crippen molar-refractivity contribution in [2.45, 2.75) is 88.5 Å². The summed E-state index contributed by atoms with van der Waals surface area (Å²) < 4.78 is 0. The van der Waals surface area contributed by atoms with Gasteiger partial charge in [0.25, 0.3) is 0 Å².